The maximum atomic E-state index is 6.15. The number of hydrogen-bond donors (Lipinski definition) is 1. The second-order valence-corrected chi connectivity index (χ2v) is 12.5. The molecule has 0 aliphatic heterocycles. The molecule has 1 nitrogen and oxygen atoms in total. The van der Waals surface area contributed by atoms with Gasteiger partial charge < -0.3 is 5.73 Å². The van der Waals surface area contributed by atoms with Crippen molar-refractivity contribution < 1.29 is 0 Å². The van der Waals surface area contributed by atoms with Gasteiger partial charge in [-0.25, -0.2) is 0 Å². The van der Waals surface area contributed by atoms with Gasteiger partial charge in [-0.05, 0) is 106 Å². The van der Waals surface area contributed by atoms with Gasteiger partial charge in [-0.2, -0.15) is 0 Å². The van der Waals surface area contributed by atoms with Gasteiger partial charge in [0.25, 0.3) is 0 Å². The highest BCUT2D eigenvalue weighted by atomic mass is 14.5. The first-order valence-electron chi connectivity index (χ1n) is 15.8. The lowest BCUT2D eigenvalue weighted by Crippen LogP contribution is -2.26. The molecular formula is C44H29N. The van der Waals surface area contributed by atoms with E-state index in [9.17, 15) is 0 Å². The smallest absolute Gasteiger partial charge is 0.0737 e. The number of fused-ring (bicyclic) bond motifs is 17. The van der Waals surface area contributed by atoms with E-state index in [2.05, 4.69) is 152 Å². The molecule has 0 amide bonds. The Morgan fingerprint density at radius 3 is 1.60 bits per heavy atom. The second-order valence-electron chi connectivity index (χ2n) is 12.5. The normalized spacial score (nSPS) is 13.7. The van der Waals surface area contributed by atoms with Crippen LogP contribution in [0, 0.1) is 0 Å². The minimum Gasteiger partial charge on any atom is -0.326 e. The lowest BCUT2D eigenvalue weighted by molar-refractivity contribution is 0.809. The van der Waals surface area contributed by atoms with Crippen molar-refractivity contribution in [2.45, 2.75) is 12.0 Å². The molecule has 0 fully saturated rings. The maximum Gasteiger partial charge on any atom is 0.0737 e. The molecule has 1 heteroatoms. The second kappa shape index (κ2) is 9.01. The Morgan fingerprint density at radius 2 is 0.933 bits per heavy atom. The molecule has 0 saturated heterocycles. The highest BCUT2D eigenvalue weighted by molar-refractivity contribution is 6.22. The molecule has 210 valence electrons. The Morgan fingerprint density at radius 1 is 0.400 bits per heavy atom. The summed E-state index contributed by atoms with van der Waals surface area (Å²) < 4.78 is 0. The minimum atomic E-state index is -0.460. The van der Waals surface area contributed by atoms with E-state index in [0.717, 1.165) is 5.56 Å². The standard InChI is InChI=1S/C44H29N/c45-26-27-12-11-13-28(24-27)37-25-38-41-34-19-4-1-14-29(34)30-15-2-6-21-36(30)43(41)44(42(38)35-20-5-3-16-31(35)37)39-22-9-7-17-32(39)33-18-8-10-23-40(33)44/h1-25H,26,45H2. The van der Waals surface area contributed by atoms with E-state index in [0.29, 0.717) is 6.54 Å². The Labute approximate surface area is 262 Å². The molecule has 10 rings (SSSR count). The molecule has 0 radical (unpaired) electrons. The molecule has 0 unspecified atom stereocenters. The molecular weight excluding hydrogens is 542 g/mol. The van der Waals surface area contributed by atoms with E-state index in [1.165, 1.54) is 88.0 Å². The molecule has 2 aliphatic rings. The van der Waals surface area contributed by atoms with Crippen LogP contribution in [-0.4, -0.2) is 0 Å². The van der Waals surface area contributed by atoms with Gasteiger partial charge in [0.2, 0.25) is 0 Å². The summed E-state index contributed by atoms with van der Waals surface area (Å²) in [6.07, 6.45) is 0. The van der Waals surface area contributed by atoms with E-state index in [-0.39, 0.29) is 0 Å². The Hall–Kier alpha value is -5.50. The fraction of sp³-hybridized carbons (Fsp3) is 0.0455. The fourth-order valence-electron chi connectivity index (χ4n) is 8.79. The van der Waals surface area contributed by atoms with Crippen LogP contribution in [-0.2, 0) is 12.0 Å². The summed E-state index contributed by atoms with van der Waals surface area (Å²) in [6.45, 7) is 0.521. The number of hydrogen-bond acceptors (Lipinski definition) is 1. The van der Waals surface area contributed by atoms with Crippen LogP contribution < -0.4 is 5.73 Å². The van der Waals surface area contributed by atoms with Crippen LogP contribution in [0.1, 0.15) is 27.8 Å². The van der Waals surface area contributed by atoms with Crippen molar-refractivity contribution in [3.8, 4) is 33.4 Å². The van der Waals surface area contributed by atoms with Crippen molar-refractivity contribution in [3.05, 3.63) is 179 Å². The Bertz CT molecular complexity index is 2490. The van der Waals surface area contributed by atoms with Crippen LogP contribution in [0.25, 0.3) is 65.7 Å². The molecule has 0 heterocycles. The quantitative estimate of drug-likeness (QED) is 0.205. The molecule has 2 N–H and O–H groups in total. The van der Waals surface area contributed by atoms with Gasteiger partial charge in [-0.1, -0.05) is 140 Å². The van der Waals surface area contributed by atoms with Crippen LogP contribution in [0.2, 0.25) is 0 Å². The van der Waals surface area contributed by atoms with Crippen molar-refractivity contribution in [1.82, 2.24) is 0 Å². The lowest BCUT2D eigenvalue weighted by atomic mass is 9.68. The van der Waals surface area contributed by atoms with Gasteiger partial charge in [0, 0.05) is 6.54 Å². The van der Waals surface area contributed by atoms with Crippen molar-refractivity contribution in [2.24, 2.45) is 5.73 Å². The lowest BCUT2D eigenvalue weighted by Gasteiger charge is -2.33. The summed E-state index contributed by atoms with van der Waals surface area (Å²) in [5.74, 6) is 0. The first-order chi connectivity index (χ1) is 22.3. The van der Waals surface area contributed by atoms with Gasteiger partial charge in [0.05, 0.1) is 5.41 Å². The van der Waals surface area contributed by atoms with E-state index >= 15 is 0 Å². The zero-order chi connectivity index (χ0) is 29.7. The van der Waals surface area contributed by atoms with Crippen LogP contribution in [0.15, 0.2) is 152 Å². The van der Waals surface area contributed by atoms with Gasteiger partial charge in [0.15, 0.2) is 0 Å². The summed E-state index contributed by atoms with van der Waals surface area (Å²) in [7, 11) is 0. The molecule has 0 aromatic heterocycles. The summed E-state index contributed by atoms with van der Waals surface area (Å²) >= 11 is 0. The van der Waals surface area contributed by atoms with Crippen LogP contribution in [0.4, 0.5) is 0 Å². The fourth-order valence-corrected chi connectivity index (χ4v) is 8.79. The monoisotopic (exact) mass is 571 g/mol. The minimum absolute atomic E-state index is 0.460. The van der Waals surface area contributed by atoms with Crippen molar-refractivity contribution in [3.63, 3.8) is 0 Å². The predicted molar refractivity (Wildman–Crippen MR) is 189 cm³/mol. The van der Waals surface area contributed by atoms with E-state index in [1.807, 2.05) is 0 Å². The third kappa shape index (κ3) is 3.06. The zero-order valence-corrected chi connectivity index (χ0v) is 24.7. The van der Waals surface area contributed by atoms with E-state index in [1.54, 1.807) is 0 Å². The number of benzene rings is 8. The SMILES string of the molecule is NCc1cccc(-c2cc3c(c4ccccc24)C2(c4ccccc4-c4ccccc42)c2c-3c3ccccc3c3ccccc23)c1. The first kappa shape index (κ1) is 24.9. The number of rotatable bonds is 2. The molecule has 0 bridgehead atoms. The molecule has 0 saturated carbocycles. The Kier molecular flexibility index (Phi) is 4.99. The van der Waals surface area contributed by atoms with Gasteiger partial charge in [-0.15, -0.1) is 0 Å². The molecule has 1 spiro atoms. The Balaban J connectivity index is 1.51. The molecule has 8 aromatic rings. The molecule has 2 aliphatic carbocycles. The predicted octanol–water partition coefficient (Wildman–Crippen LogP) is 10.6. The van der Waals surface area contributed by atoms with Crippen molar-refractivity contribution in [1.29, 1.82) is 0 Å². The average molecular weight is 572 g/mol. The van der Waals surface area contributed by atoms with Crippen molar-refractivity contribution >= 4 is 32.3 Å². The van der Waals surface area contributed by atoms with Crippen LogP contribution >= 0.6 is 0 Å². The summed E-state index contributed by atoms with van der Waals surface area (Å²) in [5.41, 5.74) is 20.2. The largest absolute Gasteiger partial charge is 0.326 e. The number of nitrogens with two attached hydrogens (primary N) is 1. The summed E-state index contributed by atoms with van der Waals surface area (Å²) in [5, 5.41) is 7.82. The topological polar surface area (TPSA) is 26.0 Å². The highest BCUT2D eigenvalue weighted by Crippen LogP contribution is 2.67. The van der Waals surface area contributed by atoms with Crippen molar-refractivity contribution in [2.75, 3.05) is 0 Å². The van der Waals surface area contributed by atoms with Gasteiger partial charge in [0.1, 0.15) is 0 Å². The van der Waals surface area contributed by atoms with Gasteiger partial charge >= 0.3 is 0 Å². The molecule has 0 atom stereocenters. The third-order valence-electron chi connectivity index (χ3n) is 10.4. The molecule has 45 heavy (non-hydrogen) atoms. The molecule has 8 aromatic carbocycles. The van der Waals surface area contributed by atoms with Gasteiger partial charge in [-0.3, -0.25) is 0 Å². The summed E-state index contributed by atoms with van der Waals surface area (Å²) in [6, 6.07) is 56.6. The van der Waals surface area contributed by atoms with E-state index in [4.69, 9.17) is 5.73 Å². The highest BCUT2D eigenvalue weighted by Gasteiger charge is 2.53. The van der Waals surface area contributed by atoms with Crippen LogP contribution in [0.3, 0.4) is 0 Å². The third-order valence-corrected chi connectivity index (χ3v) is 10.4. The summed E-state index contributed by atoms with van der Waals surface area (Å²) in [4.78, 5) is 0. The maximum absolute atomic E-state index is 6.15. The van der Waals surface area contributed by atoms with Crippen LogP contribution in [0.5, 0.6) is 0 Å². The van der Waals surface area contributed by atoms with E-state index < -0.39 is 5.41 Å². The first-order valence-corrected chi connectivity index (χ1v) is 15.8. The average Bonchev–Trinajstić information content (AvgIpc) is 3.59. The zero-order valence-electron chi connectivity index (χ0n) is 24.7.